The molecule has 0 atom stereocenters. The van der Waals surface area contributed by atoms with E-state index in [2.05, 4.69) is 0 Å². The number of imide groups is 1. The van der Waals surface area contributed by atoms with Crippen LogP contribution in [0.5, 0.6) is 0 Å². The summed E-state index contributed by atoms with van der Waals surface area (Å²) in [5.41, 5.74) is 0. The monoisotopic (exact) mass is 130 g/mol. The molecule has 1 heterocycles. The van der Waals surface area contributed by atoms with Gasteiger partial charge in [0.05, 0.1) is 0 Å². The molecule has 0 aromatic rings. The van der Waals surface area contributed by atoms with E-state index in [0.717, 1.165) is 4.90 Å². The Labute approximate surface area is 51.4 Å². The molecule has 5 heteroatoms. The number of hydroxylamine groups is 2. The van der Waals surface area contributed by atoms with E-state index in [0.29, 0.717) is 5.06 Å². The molecule has 50 valence electrons. The summed E-state index contributed by atoms with van der Waals surface area (Å²) in [5, 5.41) is 8.94. The molecule has 1 aliphatic rings. The fourth-order valence-electron chi connectivity index (χ4n) is 0.582. The summed E-state index contributed by atoms with van der Waals surface area (Å²) in [5.74, 6) is -0.387. The standard InChI is InChI=1S/C4H6N2O3/c1-5-3(7)2-6(9)4(5)8/h9H,2H2,1H3. The lowest BCUT2D eigenvalue weighted by Crippen LogP contribution is -2.27. The van der Waals surface area contributed by atoms with Gasteiger partial charge in [-0.2, -0.15) is 5.06 Å². The van der Waals surface area contributed by atoms with E-state index in [1.54, 1.807) is 0 Å². The highest BCUT2D eigenvalue weighted by atomic mass is 16.5. The van der Waals surface area contributed by atoms with Gasteiger partial charge in [-0.25, -0.2) is 4.79 Å². The van der Waals surface area contributed by atoms with Crippen molar-refractivity contribution in [3.05, 3.63) is 0 Å². The van der Waals surface area contributed by atoms with Gasteiger partial charge in [0, 0.05) is 7.05 Å². The number of hydrogen-bond acceptors (Lipinski definition) is 3. The molecule has 0 aliphatic carbocycles. The van der Waals surface area contributed by atoms with Crippen LogP contribution in [0.3, 0.4) is 0 Å². The fourth-order valence-corrected chi connectivity index (χ4v) is 0.582. The number of hydrogen-bond donors (Lipinski definition) is 1. The van der Waals surface area contributed by atoms with Gasteiger partial charge in [-0.1, -0.05) is 0 Å². The molecule has 0 aromatic heterocycles. The van der Waals surface area contributed by atoms with E-state index in [9.17, 15) is 9.59 Å². The zero-order valence-electron chi connectivity index (χ0n) is 4.87. The number of nitrogens with zero attached hydrogens (tertiary/aromatic N) is 2. The van der Waals surface area contributed by atoms with Crippen LogP contribution in [-0.4, -0.2) is 40.7 Å². The summed E-state index contributed by atoms with van der Waals surface area (Å²) in [6.07, 6.45) is 0. The van der Waals surface area contributed by atoms with Gasteiger partial charge in [0.25, 0.3) is 5.91 Å². The van der Waals surface area contributed by atoms with Gasteiger partial charge in [0.1, 0.15) is 6.54 Å². The van der Waals surface area contributed by atoms with Gasteiger partial charge < -0.3 is 0 Å². The molecule has 1 aliphatic heterocycles. The highest BCUT2D eigenvalue weighted by Gasteiger charge is 2.31. The Bertz CT molecular complexity index is 167. The zero-order chi connectivity index (χ0) is 7.02. The summed E-state index contributed by atoms with van der Waals surface area (Å²) in [6.45, 7) is -0.227. The van der Waals surface area contributed by atoms with Crippen molar-refractivity contribution in [3.63, 3.8) is 0 Å². The molecule has 3 amide bonds. The number of urea groups is 1. The summed E-state index contributed by atoms with van der Waals surface area (Å²) in [6, 6.07) is -0.667. The number of amides is 3. The second-order valence-electron chi connectivity index (χ2n) is 1.79. The van der Waals surface area contributed by atoms with Crippen LogP contribution in [0.25, 0.3) is 0 Å². The molecular formula is C4H6N2O3. The van der Waals surface area contributed by atoms with E-state index in [1.165, 1.54) is 7.05 Å². The van der Waals surface area contributed by atoms with Crippen LogP contribution in [0, 0.1) is 0 Å². The molecule has 1 rings (SSSR count). The summed E-state index contributed by atoms with van der Waals surface area (Å²) in [4.78, 5) is 21.9. The Balaban J connectivity index is 2.77. The summed E-state index contributed by atoms with van der Waals surface area (Å²) >= 11 is 0. The Kier molecular flexibility index (Phi) is 1.14. The number of likely N-dealkylation sites (N-methyl/N-ethyl adjacent to an activating group) is 1. The van der Waals surface area contributed by atoms with Crippen molar-refractivity contribution in [2.24, 2.45) is 0 Å². The molecule has 9 heavy (non-hydrogen) atoms. The predicted octanol–water partition coefficient (Wildman–Crippen LogP) is -0.730. The fraction of sp³-hybridized carbons (Fsp3) is 0.500. The second kappa shape index (κ2) is 1.70. The van der Waals surface area contributed by atoms with Crippen molar-refractivity contribution in [3.8, 4) is 0 Å². The maximum Gasteiger partial charge on any atom is 0.350 e. The molecule has 0 aromatic carbocycles. The van der Waals surface area contributed by atoms with Gasteiger partial charge in [-0.3, -0.25) is 14.9 Å². The van der Waals surface area contributed by atoms with Gasteiger partial charge >= 0.3 is 6.03 Å². The van der Waals surface area contributed by atoms with Crippen molar-refractivity contribution in [1.29, 1.82) is 0 Å². The van der Waals surface area contributed by atoms with Crippen molar-refractivity contribution in [2.75, 3.05) is 13.6 Å². The molecule has 1 N–H and O–H groups in total. The van der Waals surface area contributed by atoms with Crippen LogP contribution < -0.4 is 0 Å². The first-order valence-corrected chi connectivity index (χ1v) is 2.40. The molecule has 5 nitrogen and oxygen atoms in total. The first-order chi connectivity index (χ1) is 4.13. The maximum absolute atomic E-state index is 10.5. The smallest absolute Gasteiger partial charge is 0.284 e. The quantitative estimate of drug-likeness (QED) is 0.347. The van der Waals surface area contributed by atoms with Gasteiger partial charge in [0.15, 0.2) is 0 Å². The van der Waals surface area contributed by atoms with Crippen LogP contribution in [0.2, 0.25) is 0 Å². The molecule has 0 unspecified atom stereocenters. The highest BCUT2D eigenvalue weighted by molar-refractivity contribution is 6.00. The molecule has 0 bridgehead atoms. The Morgan fingerprint density at radius 2 is 2.11 bits per heavy atom. The normalized spacial score (nSPS) is 19.8. The van der Waals surface area contributed by atoms with Crippen molar-refractivity contribution in [1.82, 2.24) is 9.96 Å². The molecular weight excluding hydrogens is 124 g/mol. The van der Waals surface area contributed by atoms with Crippen molar-refractivity contribution < 1.29 is 14.8 Å². The third-order valence-corrected chi connectivity index (χ3v) is 1.17. The second-order valence-corrected chi connectivity index (χ2v) is 1.79. The molecule has 0 radical (unpaired) electrons. The predicted molar refractivity (Wildman–Crippen MR) is 26.7 cm³/mol. The van der Waals surface area contributed by atoms with E-state index in [1.807, 2.05) is 0 Å². The Morgan fingerprint density at radius 3 is 2.22 bits per heavy atom. The average molecular weight is 130 g/mol. The lowest BCUT2D eigenvalue weighted by atomic mass is 10.6. The van der Waals surface area contributed by atoms with Crippen LogP contribution in [-0.2, 0) is 4.79 Å². The van der Waals surface area contributed by atoms with Crippen LogP contribution in [0.4, 0.5) is 4.79 Å². The third-order valence-electron chi connectivity index (χ3n) is 1.17. The Hall–Kier alpha value is -1.10. The zero-order valence-corrected chi connectivity index (χ0v) is 4.87. The first kappa shape index (κ1) is 6.03. The van der Waals surface area contributed by atoms with E-state index >= 15 is 0 Å². The number of rotatable bonds is 0. The third kappa shape index (κ3) is 0.746. The van der Waals surface area contributed by atoms with Gasteiger partial charge in [-0.05, 0) is 0 Å². The molecule has 1 saturated heterocycles. The SMILES string of the molecule is CN1C(=O)CN(O)C1=O. The van der Waals surface area contributed by atoms with Crippen LogP contribution in [0.1, 0.15) is 0 Å². The van der Waals surface area contributed by atoms with Crippen LogP contribution >= 0.6 is 0 Å². The van der Waals surface area contributed by atoms with Crippen LogP contribution in [0.15, 0.2) is 0 Å². The lowest BCUT2D eigenvalue weighted by molar-refractivity contribution is -0.126. The highest BCUT2D eigenvalue weighted by Crippen LogP contribution is 2.02. The maximum atomic E-state index is 10.5. The number of carbonyl (C=O) groups excluding carboxylic acids is 2. The molecule has 0 saturated carbocycles. The van der Waals surface area contributed by atoms with E-state index in [-0.39, 0.29) is 12.5 Å². The minimum atomic E-state index is -0.667. The number of carbonyl (C=O) groups is 2. The minimum Gasteiger partial charge on any atom is -0.284 e. The summed E-state index contributed by atoms with van der Waals surface area (Å²) < 4.78 is 0. The van der Waals surface area contributed by atoms with E-state index in [4.69, 9.17) is 5.21 Å². The summed E-state index contributed by atoms with van der Waals surface area (Å²) in [7, 11) is 1.32. The lowest BCUT2D eigenvalue weighted by Gasteiger charge is -2.03. The van der Waals surface area contributed by atoms with Gasteiger partial charge in [0.2, 0.25) is 0 Å². The minimum absolute atomic E-state index is 0.227. The molecule has 1 fully saturated rings. The van der Waals surface area contributed by atoms with Crippen molar-refractivity contribution >= 4 is 11.9 Å². The first-order valence-electron chi connectivity index (χ1n) is 2.40. The topological polar surface area (TPSA) is 60.9 Å². The average Bonchev–Trinajstić information content (AvgIpc) is 1.98. The molecule has 0 spiro atoms. The van der Waals surface area contributed by atoms with Crippen molar-refractivity contribution in [2.45, 2.75) is 0 Å². The largest absolute Gasteiger partial charge is 0.350 e. The van der Waals surface area contributed by atoms with E-state index < -0.39 is 6.03 Å². The Morgan fingerprint density at radius 1 is 1.56 bits per heavy atom. The van der Waals surface area contributed by atoms with Gasteiger partial charge in [-0.15, -0.1) is 0 Å².